The number of rotatable bonds is 3. The number of carbonyl (C=O) groups is 1. The standard InChI is InChI=1S/C4H2F6OS2/c5-3(6,7)12-2(1-11)13-4(8,9)10/h1-2H. The second-order valence-electron chi connectivity index (χ2n) is 1.63. The van der Waals surface area contributed by atoms with Crippen LogP contribution in [0.5, 0.6) is 0 Å². The molecule has 0 saturated carbocycles. The number of halogens is 6. The van der Waals surface area contributed by atoms with Crippen molar-refractivity contribution < 1.29 is 31.1 Å². The van der Waals surface area contributed by atoms with Crippen LogP contribution in [-0.2, 0) is 4.79 Å². The monoisotopic (exact) mass is 244 g/mol. The fraction of sp³-hybridized carbons (Fsp3) is 0.750. The normalized spacial score (nSPS) is 13.5. The number of thioether (sulfide) groups is 2. The van der Waals surface area contributed by atoms with Crippen molar-refractivity contribution in [1.82, 2.24) is 0 Å². The maximum absolute atomic E-state index is 11.5. The van der Waals surface area contributed by atoms with Gasteiger partial charge in [0.2, 0.25) is 0 Å². The number of hydrogen-bond acceptors (Lipinski definition) is 3. The summed E-state index contributed by atoms with van der Waals surface area (Å²) in [6.45, 7) is 0. The Labute approximate surface area is 77.2 Å². The highest BCUT2D eigenvalue weighted by Crippen LogP contribution is 2.43. The summed E-state index contributed by atoms with van der Waals surface area (Å²) in [6, 6.07) is 0. The van der Waals surface area contributed by atoms with E-state index in [9.17, 15) is 31.1 Å². The first-order chi connectivity index (χ1) is 5.64. The second kappa shape index (κ2) is 4.45. The van der Waals surface area contributed by atoms with E-state index in [1.165, 1.54) is 0 Å². The minimum Gasteiger partial charge on any atom is -0.301 e. The zero-order valence-electron chi connectivity index (χ0n) is 5.65. The summed E-state index contributed by atoms with van der Waals surface area (Å²) in [5.41, 5.74) is -9.69. The minimum atomic E-state index is -4.84. The molecule has 0 spiro atoms. The molecule has 0 rings (SSSR count). The lowest BCUT2D eigenvalue weighted by Crippen LogP contribution is -2.15. The van der Waals surface area contributed by atoms with E-state index < -0.39 is 45.4 Å². The van der Waals surface area contributed by atoms with Gasteiger partial charge >= 0.3 is 11.0 Å². The molecule has 13 heavy (non-hydrogen) atoms. The van der Waals surface area contributed by atoms with Gasteiger partial charge in [0.15, 0.2) is 0 Å². The summed E-state index contributed by atoms with van der Waals surface area (Å²) in [6.07, 6.45) is -0.393. The predicted octanol–water partition coefficient (Wildman–Crippen LogP) is 3.02. The van der Waals surface area contributed by atoms with Gasteiger partial charge in [0.05, 0.1) is 0 Å². The highest BCUT2D eigenvalue weighted by Gasteiger charge is 2.40. The molecule has 0 bridgehead atoms. The summed E-state index contributed by atoms with van der Waals surface area (Å²) in [4.78, 5) is 9.82. The van der Waals surface area contributed by atoms with Crippen molar-refractivity contribution in [1.29, 1.82) is 0 Å². The van der Waals surface area contributed by atoms with Crippen molar-refractivity contribution in [3.8, 4) is 0 Å². The van der Waals surface area contributed by atoms with Crippen LogP contribution in [0.15, 0.2) is 0 Å². The van der Waals surface area contributed by atoms with Crippen molar-refractivity contribution in [3.63, 3.8) is 0 Å². The Bertz CT molecular complexity index is 158. The van der Waals surface area contributed by atoms with E-state index in [1.54, 1.807) is 0 Å². The van der Waals surface area contributed by atoms with Crippen LogP contribution in [0, 0.1) is 0 Å². The Morgan fingerprint density at radius 2 is 1.23 bits per heavy atom. The molecule has 0 atom stereocenters. The molecule has 0 aliphatic heterocycles. The van der Waals surface area contributed by atoms with Gasteiger partial charge in [0, 0.05) is 0 Å². The molecule has 0 fully saturated rings. The third kappa shape index (κ3) is 8.28. The fourth-order valence-corrected chi connectivity index (χ4v) is 1.83. The van der Waals surface area contributed by atoms with Crippen LogP contribution in [0.1, 0.15) is 0 Å². The smallest absolute Gasteiger partial charge is 0.301 e. The molecule has 0 radical (unpaired) electrons. The van der Waals surface area contributed by atoms with Gasteiger partial charge in [-0.1, -0.05) is 0 Å². The van der Waals surface area contributed by atoms with E-state index in [0.29, 0.717) is 0 Å². The molecule has 0 aliphatic carbocycles. The van der Waals surface area contributed by atoms with Crippen molar-refractivity contribution in [2.45, 2.75) is 15.6 Å². The lowest BCUT2D eigenvalue weighted by molar-refractivity contribution is -0.106. The first-order valence-corrected chi connectivity index (χ1v) is 4.34. The Morgan fingerprint density at radius 3 is 1.38 bits per heavy atom. The van der Waals surface area contributed by atoms with Gasteiger partial charge in [0.1, 0.15) is 10.9 Å². The van der Waals surface area contributed by atoms with Crippen LogP contribution in [0.4, 0.5) is 26.3 Å². The highest BCUT2D eigenvalue weighted by molar-refractivity contribution is 8.18. The second-order valence-corrected chi connectivity index (χ2v) is 4.34. The van der Waals surface area contributed by atoms with E-state index in [2.05, 4.69) is 0 Å². The maximum Gasteiger partial charge on any atom is 0.443 e. The molecular formula is C4H2F6OS2. The topological polar surface area (TPSA) is 17.1 Å². The van der Waals surface area contributed by atoms with E-state index in [0.717, 1.165) is 0 Å². The Balaban J connectivity index is 4.13. The molecule has 0 heterocycles. The summed E-state index contributed by atoms with van der Waals surface area (Å²) >= 11 is -1.99. The van der Waals surface area contributed by atoms with Crippen molar-refractivity contribution in [2.24, 2.45) is 0 Å². The van der Waals surface area contributed by atoms with Crippen LogP contribution >= 0.6 is 23.5 Å². The lowest BCUT2D eigenvalue weighted by Gasteiger charge is -2.13. The van der Waals surface area contributed by atoms with Crippen LogP contribution in [0.25, 0.3) is 0 Å². The number of hydrogen-bond donors (Lipinski definition) is 0. The molecule has 0 saturated heterocycles. The molecule has 0 aliphatic rings. The van der Waals surface area contributed by atoms with Gasteiger partial charge in [-0.3, -0.25) is 0 Å². The SMILES string of the molecule is O=CC(SC(F)(F)F)SC(F)(F)F. The van der Waals surface area contributed by atoms with Crippen molar-refractivity contribution in [3.05, 3.63) is 0 Å². The van der Waals surface area contributed by atoms with E-state index >= 15 is 0 Å². The molecule has 0 amide bonds. The maximum atomic E-state index is 11.5. The molecule has 0 N–H and O–H groups in total. The Kier molecular flexibility index (Phi) is 4.43. The van der Waals surface area contributed by atoms with Gasteiger partial charge in [0.25, 0.3) is 0 Å². The van der Waals surface area contributed by atoms with E-state index in [-0.39, 0.29) is 0 Å². The average Bonchev–Trinajstić information content (AvgIpc) is 1.79. The zero-order valence-corrected chi connectivity index (χ0v) is 7.28. The largest absolute Gasteiger partial charge is 0.443 e. The van der Waals surface area contributed by atoms with Crippen LogP contribution < -0.4 is 0 Å². The summed E-state index contributed by atoms with van der Waals surface area (Å²) in [5, 5.41) is 0. The third-order valence-corrected chi connectivity index (χ3v) is 2.41. The minimum absolute atomic E-state index is 0.393. The summed E-state index contributed by atoms with van der Waals surface area (Å²) in [5.74, 6) is 0. The van der Waals surface area contributed by atoms with Gasteiger partial charge in [-0.05, 0) is 23.5 Å². The third-order valence-electron chi connectivity index (χ3n) is 0.611. The number of aldehydes is 1. The first kappa shape index (κ1) is 12.9. The summed E-state index contributed by atoms with van der Waals surface area (Å²) in [7, 11) is 0. The quantitative estimate of drug-likeness (QED) is 0.431. The van der Waals surface area contributed by atoms with Gasteiger partial charge in [-0.15, -0.1) is 0 Å². The molecule has 1 nitrogen and oxygen atoms in total. The van der Waals surface area contributed by atoms with Gasteiger partial charge in [-0.2, -0.15) is 26.3 Å². The molecule has 0 aromatic heterocycles. The van der Waals surface area contributed by atoms with Crippen molar-refractivity contribution in [2.75, 3.05) is 0 Å². The first-order valence-electron chi connectivity index (χ1n) is 2.58. The number of alkyl halides is 6. The number of carbonyl (C=O) groups excluding carboxylic acids is 1. The van der Waals surface area contributed by atoms with Gasteiger partial charge < -0.3 is 4.79 Å². The molecule has 0 aromatic rings. The van der Waals surface area contributed by atoms with E-state index in [1.807, 2.05) is 0 Å². The average molecular weight is 244 g/mol. The molecular weight excluding hydrogens is 242 g/mol. The highest BCUT2D eigenvalue weighted by atomic mass is 32.2. The van der Waals surface area contributed by atoms with Gasteiger partial charge in [-0.25, -0.2) is 0 Å². The fourth-order valence-electron chi connectivity index (χ4n) is 0.343. The molecule has 0 unspecified atom stereocenters. The zero-order chi connectivity index (χ0) is 10.7. The molecule has 78 valence electrons. The molecule has 0 aromatic carbocycles. The predicted molar refractivity (Wildman–Crippen MR) is 37.1 cm³/mol. The van der Waals surface area contributed by atoms with Crippen LogP contribution in [0.2, 0.25) is 0 Å². The Hall–Kier alpha value is -0.0500. The Morgan fingerprint density at radius 1 is 0.923 bits per heavy atom. The summed E-state index contributed by atoms with van der Waals surface area (Å²) < 4.78 is 66.8. The van der Waals surface area contributed by atoms with Crippen LogP contribution in [-0.4, -0.2) is 21.9 Å². The molecule has 9 heteroatoms. The van der Waals surface area contributed by atoms with Crippen molar-refractivity contribution >= 4 is 29.8 Å². The lowest BCUT2D eigenvalue weighted by atomic mass is 10.9. The van der Waals surface area contributed by atoms with E-state index in [4.69, 9.17) is 0 Å². The van der Waals surface area contributed by atoms with Crippen LogP contribution in [0.3, 0.4) is 0 Å².